The van der Waals surface area contributed by atoms with E-state index >= 15 is 0 Å². The summed E-state index contributed by atoms with van der Waals surface area (Å²) in [6.45, 7) is 2.10. The van der Waals surface area contributed by atoms with Crippen molar-refractivity contribution >= 4 is 29.2 Å². The van der Waals surface area contributed by atoms with Crippen LogP contribution in [0.5, 0.6) is 0 Å². The minimum absolute atomic E-state index is 0.135. The zero-order chi connectivity index (χ0) is 20.5. The van der Waals surface area contributed by atoms with Gasteiger partial charge in [0.2, 0.25) is 0 Å². The van der Waals surface area contributed by atoms with E-state index in [0.29, 0.717) is 11.6 Å². The predicted molar refractivity (Wildman–Crippen MR) is 123 cm³/mol. The van der Waals surface area contributed by atoms with Crippen LogP contribution in [0.4, 0.5) is 11.4 Å². The van der Waals surface area contributed by atoms with Gasteiger partial charge in [-0.3, -0.25) is 10.2 Å². The minimum atomic E-state index is -0.236. The summed E-state index contributed by atoms with van der Waals surface area (Å²) in [7, 11) is 0. The molecule has 6 nitrogen and oxygen atoms in total. The van der Waals surface area contributed by atoms with Crippen molar-refractivity contribution in [2.75, 3.05) is 17.2 Å². The molecule has 1 aliphatic heterocycles. The number of H-pyrrole nitrogens is 1. The Labute approximate surface area is 181 Å². The maximum Gasteiger partial charge on any atom is 0.261 e. The lowest BCUT2D eigenvalue weighted by Gasteiger charge is -2.25. The molecule has 2 heterocycles. The van der Waals surface area contributed by atoms with E-state index in [0.717, 1.165) is 43.2 Å². The smallest absolute Gasteiger partial charge is 0.261 e. The van der Waals surface area contributed by atoms with Gasteiger partial charge in [0, 0.05) is 35.9 Å². The Balaban J connectivity index is 1.30. The molecular formula is C23H29N5OS. The van der Waals surface area contributed by atoms with Gasteiger partial charge in [-0.05, 0) is 73.4 Å². The van der Waals surface area contributed by atoms with Crippen LogP contribution in [-0.4, -0.2) is 27.7 Å². The predicted octanol–water partition coefficient (Wildman–Crippen LogP) is 4.79. The Kier molecular flexibility index (Phi) is 5.56. The van der Waals surface area contributed by atoms with Crippen molar-refractivity contribution < 1.29 is 0 Å². The average molecular weight is 424 g/mol. The molecule has 30 heavy (non-hydrogen) atoms. The summed E-state index contributed by atoms with van der Waals surface area (Å²) in [5.41, 5.74) is 3.05. The maximum atomic E-state index is 12.6. The fourth-order valence-corrected chi connectivity index (χ4v) is 5.58. The average Bonchev–Trinajstić information content (AvgIpc) is 3.45. The standard InChI is InChI=1S/C23H29N5OS/c24-22(21-19(10-11-25-23(21)29)26-17-4-2-1-3-5-17)27-18-8-9-20-16(12-18)14-28(30-20)13-15-6-7-15/h8-12,15,17H,1-7,13-14H2,(H2,24,27)(H2,25,26,29). The number of aromatic nitrogens is 1. The molecule has 0 saturated heterocycles. The third-order valence-electron chi connectivity index (χ3n) is 6.24. The fraction of sp³-hybridized carbons (Fsp3) is 0.478. The topological polar surface area (TPSA) is 84.0 Å². The van der Waals surface area contributed by atoms with E-state index in [9.17, 15) is 4.79 Å². The van der Waals surface area contributed by atoms with Crippen molar-refractivity contribution in [1.29, 1.82) is 5.41 Å². The van der Waals surface area contributed by atoms with Crippen LogP contribution in [0.2, 0.25) is 0 Å². The highest BCUT2D eigenvalue weighted by Crippen LogP contribution is 2.41. The van der Waals surface area contributed by atoms with Crippen LogP contribution in [0.3, 0.4) is 0 Å². The first-order valence-electron chi connectivity index (χ1n) is 11.1. The molecule has 7 heteroatoms. The van der Waals surface area contributed by atoms with Crippen LogP contribution < -0.4 is 16.2 Å². The quantitative estimate of drug-likeness (QED) is 0.305. The Hall–Kier alpha value is -2.25. The summed E-state index contributed by atoms with van der Waals surface area (Å²) in [5, 5.41) is 15.3. The summed E-state index contributed by atoms with van der Waals surface area (Å²) in [5.74, 6) is 1.01. The van der Waals surface area contributed by atoms with Crippen molar-refractivity contribution in [1.82, 2.24) is 9.29 Å². The van der Waals surface area contributed by atoms with Gasteiger partial charge in [0.1, 0.15) is 11.4 Å². The number of pyridine rings is 1. The first-order chi connectivity index (χ1) is 14.7. The number of nitrogens with one attached hydrogen (secondary N) is 4. The molecule has 2 fully saturated rings. The Morgan fingerprint density at radius 1 is 1.17 bits per heavy atom. The van der Waals surface area contributed by atoms with Crippen LogP contribution in [0, 0.1) is 11.3 Å². The summed E-state index contributed by atoms with van der Waals surface area (Å²) < 4.78 is 2.44. The largest absolute Gasteiger partial charge is 0.382 e. The third-order valence-corrected chi connectivity index (χ3v) is 7.37. The highest BCUT2D eigenvalue weighted by molar-refractivity contribution is 7.97. The number of fused-ring (bicyclic) bond motifs is 1. The van der Waals surface area contributed by atoms with Crippen LogP contribution in [0.15, 0.2) is 40.2 Å². The second-order valence-corrected chi connectivity index (χ2v) is 9.89. The molecule has 3 aliphatic rings. The molecule has 1 aromatic heterocycles. The summed E-state index contributed by atoms with van der Waals surface area (Å²) >= 11 is 1.84. The van der Waals surface area contributed by atoms with Crippen molar-refractivity contribution in [3.8, 4) is 0 Å². The molecule has 0 spiro atoms. The molecule has 1 aromatic carbocycles. The molecule has 0 atom stereocenters. The number of aromatic amines is 1. The van der Waals surface area contributed by atoms with Gasteiger partial charge >= 0.3 is 0 Å². The van der Waals surface area contributed by atoms with Gasteiger partial charge in [-0.1, -0.05) is 19.3 Å². The van der Waals surface area contributed by atoms with Gasteiger partial charge in [0.25, 0.3) is 5.56 Å². The van der Waals surface area contributed by atoms with Crippen LogP contribution in [0.1, 0.15) is 56.1 Å². The van der Waals surface area contributed by atoms with Crippen LogP contribution in [0.25, 0.3) is 0 Å². The van der Waals surface area contributed by atoms with E-state index in [4.69, 9.17) is 5.41 Å². The number of rotatable bonds is 6. The molecule has 0 amide bonds. The van der Waals surface area contributed by atoms with E-state index in [-0.39, 0.29) is 11.4 Å². The van der Waals surface area contributed by atoms with E-state index in [1.165, 1.54) is 42.6 Å². The van der Waals surface area contributed by atoms with Gasteiger partial charge < -0.3 is 15.6 Å². The van der Waals surface area contributed by atoms with Crippen molar-refractivity contribution in [3.05, 3.63) is 51.9 Å². The first-order valence-corrected chi connectivity index (χ1v) is 11.8. The summed E-state index contributed by atoms with van der Waals surface area (Å²) in [6.07, 6.45) is 10.3. The Morgan fingerprint density at radius 2 is 2.00 bits per heavy atom. The number of nitrogens with zero attached hydrogens (tertiary/aromatic N) is 1. The van der Waals surface area contributed by atoms with Crippen molar-refractivity contribution in [2.45, 2.75) is 62.4 Å². The van der Waals surface area contributed by atoms with Crippen molar-refractivity contribution in [3.63, 3.8) is 0 Å². The highest BCUT2D eigenvalue weighted by atomic mass is 32.2. The Morgan fingerprint density at radius 3 is 2.80 bits per heavy atom. The fourth-order valence-electron chi connectivity index (χ4n) is 4.44. The molecule has 2 saturated carbocycles. The monoisotopic (exact) mass is 423 g/mol. The van der Waals surface area contributed by atoms with Crippen LogP contribution in [-0.2, 0) is 6.54 Å². The van der Waals surface area contributed by atoms with Gasteiger partial charge in [0.05, 0.1) is 5.69 Å². The maximum absolute atomic E-state index is 12.6. The van der Waals surface area contributed by atoms with Gasteiger partial charge in [-0.25, -0.2) is 4.31 Å². The van der Waals surface area contributed by atoms with Gasteiger partial charge in [0.15, 0.2) is 0 Å². The number of hydrogen-bond donors (Lipinski definition) is 4. The Bertz CT molecular complexity index is 993. The zero-order valence-electron chi connectivity index (χ0n) is 17.2. The SMILES string of the molecule is N=C(Nc1ccc2c(c1)CN(CC1CC1)S2)c1c(NC2CCCCC2)cc[nH]c1=O. The van der Waals surface area contributed by atoms with E-state index in [1.807, 2.05) is 24.1 Å². The summed E-state index contributed by atoms with van der Waals surface area (Å²) in [6, 6.07) is 8.50. The molecule has 5 rings (SSSR count). The first kappa shape index (κ1) is 19.7. The lowest BCUT2D eigenvalue weighted by Crippen LogP contribution is -2.29. The van der Waals surface area contributed by atoms with Crippen molar-refractivity contribution in [2.24, 2.45) is 5.92 Å². The van der Waals surface area contributed by atoms with E-state index < -0.39 is 0 Å². The number of hydrogen-bond acceptors (Lipinski definition) is 5. The molecule has 0 radical (unpaired) electrons. The molecule has 2 aliphatic carbocycles. The van der Waals surface area contributed by atoms with Crippen LogP contribution >= 0.6 is 11.9 Å². The second-order valence-electron chi connectivity index (χ2n) is 8.75. The minimum Gasteiger partial charge on any atom is -0.382 e. The van der Waals surface area contributed by atoms with E-state index in [1.54, 1.807) is 6.20 Å². The van der Waals surface area contributed by atoms with Gasteiger partial charge in [-0.2, -0.15) is 0 Å². The lowest BCUT2D eigenvalue weighted by molar-refractivity contribution is 0.455. The number of amidine groups is 1. The van der Waals surface area contributed by atoms with E-state index in [2.05, 4.69) is 32.1 Å². The number of benzene rings is 1. The molecule has 4 N–H and O–H groups in total. The lowest BCUT2D eigenvalue weighted by atomic mass is 9.95. The second kappa shape index (κ2) is 8.47. The normalized spacial score (nSPS) is 19.5. The molecular weight excluding hydrogens is 394 g/mol. The molecule has 2 aromatic rings. The summed E-state index contributed by atoms with van der Waals surface area (Å²) in [4.78, 5) is 16.6. The highest BCUT2D eigenvalue weighted by Gasteiger charge is 2.28. The molecule has 158 valence electrons. The number of anilines is 2. The van der Waals surface area contributed by atoms with Gasteiger partial charge in [-0.15, -0.1) is 0 Å². The molecule has 0 bridgehead atoms. The third kappa shape index (κ3) is 4.42. The zero-order valence-corrected chi connectivity index (χ0v) is 18.0. The molecule has 0 unspecified atom stereocenters.